The van der Waals surface area contributed by atoms with Crippen LogP contribution in [0.15, 0.2) is 18.2 Å². The van der Waals surface area contributed by atoms with Gasteiger partial charge in [-0.15, -0.1) is 12.3 Å². The van der Waals surface area contributed by atoms with Crippen LogP contribution >= 0.6 is 11.6 Å². The number of aliphatic hydroxyl groups is 1. The molecule has 0 saturated carbocycles. The molecule has 0 heterocycles. The van der Waals surface area contributed by atoms with Crippen LogP contribution in [0, 0.1) is 12.3 Å². The summed E-state index contributed by atoms with van der Waals surface area (Å²) in [4.78, 5) is 0. The molecule has 0 amide bonds. The Morgan fingerprint density at radius 2 is 2.33 bits per heavy atom. The highest BCUT2D eigenvalue weighted by molar-refractivity contribution is 6.31. The summed E-state index contributed by atoms with van der Waals surface area (Å²) in [7, 11) is 1.54. The van der Waals surface area contributed by atoms with Gasteiger partial charge in [-0.1, -0.05) is 17.7 Å². The molecule has 0 bridgehead atoms. The first kappa shape index (κ1) is 11.9. The highest BCUT2D eigenvalue weighted by Gasteiger charge is 2.15. The lowest BCUT2D eigenvalue weighted by Gasteiger charge is -2.15. The summed E-state index contributed by atoms with van der Waals surface area (Å²) in [6, 6.07) is 5.26. The number of aliphatic hydroxyl groups excluding tert-OH is 1. The average molecular weight is 225 g/mol. The number of terminal acetylenes is 1. The van der Waals surface area contributed by atoms with Gasteiger partial charge in [0.2, 0.25) is 0 Å². The molecule has 0 aliphatic heterocycles. The molecule has 1 rings (SSSR count). The normalized spacial score (nSPS) is 11.9. The minimum atomic E-state index is -0.676. The molecule has 0 spiro atoms. The fourth-order valence-corrected chi connectivity index (χ4v) is 1.67. The van der Waals surface area contributed by atoms with Crippen molar-refractivity contribution < 1.29 is 9.84 Å². The predicted octanol–water partition coefficient (Wildman–Crippen LogP) is 2.80. The van der Waals surface area contributed by atoms with E-state index in [-0.39, 0.29) is 0 Å². The van der Waals surface area contributed by atoms with Crippen molar-refractivity contribution in [3.63, 3.8) is 0 Å². The second kappa shape index (κ2) is 5.65. The van der Waals surface area contributed by atoms with E-state index in [9.17, 15) is 5.11 Å². The molecule has 0 aromatic heterocycles. The third-order valence-corrected chi connectivity index (χ3v) is 2.46. The number of hydrogen-bond acceptors (Lipinski definition) is 2. The van der Waals surface area contributed by atoms with Gasteiger partial charge in [-0.25, -0.2) is 0 Å². The zero-order valence-electron chi connectivity index (χ0n) is 8.53. The fraction of sp³-hybridized carbons (Fsp3) is 0.333. The van der Waals surface area contributed by atoms with Gasteiger partial charge in [0.1, 0.15) is 5.75 Å². The van der Waals surface area contributed by atoms with E-state index in [0.717, 1.165) is 0 Å². The van der Waals surface area contributed by atoms with Gasteiger partial charge >= 0.3 is 0 Å². The molecule has 15 heavy (non-hydrogen) atoms. The summed E-state index contributed by atoms with van der Waals surface area (Å²) in [6.45, 7) is 0. The molecule has 1 aromatic rings. The Labute approximate surface area is 94.8 Å². The first-order valence-electron chi connectivity index (χ1n) is 4.64. The topological polar surface area (TPSA) is 29.5 Å². The molecule has 3 heteroatoms. The van der Waals surface area contributed by atoms with Gasteiger partial charge in [0, 0.05) is 12.0 Å². The van der Waals surface area contributed by atoms with Crippen molar-refractivity contribution in [2.75, 3.05) is 7.11 Å². The predicted molar refractivity (Wildman–Crippen MR) is 61.0 cm³/mol. The molecule has 0 radical (unpaired) electrons. The van der Waals surface area contributed by atoms with Gasteiger partial charge in [0.05, 0.1) is 18.2 Å². The molecule has 0 saturated heterocycles. The van der Waals surface area contributed by atoms with Gasteiger partial charge < -0.3 is 9.84 Å². The summed E-state index contributed by atoms with van der Waals surface area (Å²) >= 11 is 5.99. The summed E-state index contributed by atoms with van der Waals surface area (Å²) in [5, 5.41) is 10.4. The van der Waals surface area contributed by atoms with Gasteiger partial charge in [-0.3, -0.25) is 0 Å². The number of hydrogen-bond donors (Lipinski definition) is 1. The highest BCUT2D eigenvalue weighted by atomic mass is 35.5. The maximum atomic E-state index is 9.88. The maximum absolute atomic E-state index is 9.88. The largest absolute Gasteiger partial charge is 0.496 e. The van der Waals surface area contributed by atoms with E-state index in [1.807, 2.05) is 0 Å². The second-order valence-electron chi connectivity index (χ2n) is 3.11. The number of rotatable bonds is 4. The Hall–Kier alpha value is -1.17. The third kappa shape index (κ3) is 2.89. The Morgan fingerprint density at radius 3 is 2.93 bits per heavy atom. The smallest absolute Gasteiger partial charge is 0.126 e. The van der Waals surface area contributed by atoms with E-state index in [1.54, 1.807) is 25.3 Å². The molecular weight excluding hydrogens is 212 g/mol. The Morgan fingerprint density at radius 1 is 1.60 bits per heavy atom. The van der Waals surface area contributed by atoms with Crippen LogP contribution in [0.3, 0.4) is 0 Å². The van der Waals surface area contributed by atoms with E-state index >= 15 is 0 Å². The Kier molecular flexibility index (Phi) is 4.48. The van der Waals surface area contributed by atoms with E-state index in [1.165, 1.54) is 0 Å². The number of ether oxygens (including phenoxy) is 1. The second-order valence-corrected chi connectivity index (χ2v) is 3.52. The molecular formula is C12H13ClO2. The van der Waals surface area contributed by atoms with Crippen LogP contribution in [0.4, 0.5) is 0 Å². The SMILES string of the molecule is C#CCCC(O)c1c(Cl)cccc1OC. The van der Waals surface area contributed by atoms with Crippen molar-refractivity contribution >= 4 is 11.6 Å². The molecule has 0 fully saturated rings. The van der Waals surface area contributed by atoms with Gasteiger partial charge in [0.15, 0.2) is 0 Å². The summed E-state index contributed by atoms with van der Waals surface area (Å²) in [5.41, 5.74) is 0.608. The standard InChI is InChI=1S/C12H13ClO2/c1-3-4-7-10(14)12-9(13)6-5-8-11(12)15-2/h1,5-6,8,10,14H,4,7H2,2H3. The quantitative estimate of drug-likeness (QED) is 0.797. The Balaban J connectivity index is 2.96. The Bertz CT molecular complexity index is 368. The highest BCUT2D eigenvalue weighted by Crippen LogP contribution is 2.33. The lowest BCUT2D eigenvalue weighted by Crippen LogP contribution is -2.01. The van der Waals surface area contributed by atoms with Crippen molar-refractivity contribution in [3.8, 4) is 18.1 Å². The number of benzene rings is 1. The van der Waals surface area contributed by atoms with Crippen LogP contribution in [0.25, 0.3) is 0 Å². The molecule has 0 aliphatic rings. The van der Waals surface area contributed by atoms with Crippen LogP contribution in [0.1, 0.15) is 24.5 Å². The van der Waals surface area contributed by atoms with Crippen molar-refractivity contribution in [3.05, 3.63) is 28.8 Å². The summed E-state index contributed by atoms with van der Waals surface area (Å²) < 4.78 is 5.13. The lowest BCUT2D eigenvalue weighted by molar-refractivity contribution is 0.165. The van der Waals surface area contributed by atoms with E-state index in [2.05, 4.69) is 5.92 Å². The van der Waals surface area contributed by atoms with Crippen LogP contribution in [0.2, 0.25) is 5.02 Å². The molecule has 1 unspecified atom stereocenters. The van der Waals surface area contributed by atoms with E-state index in [4.69, 9.17) is 22.8 Å². The van der Waals surface area contributed by atoms with E-state index in [0.29, 0.717) is 29.2 Å². The van der Waals surface area contributed by atoms with E-state index < -0.39 is 6.10 Å². The summed E-state index contributed by atoms with van der Waals surface area (Å²) in [5.74, 6) is 3.07. The van der Waals surface area contributed by atoms with Crippen LogP contribution < -0.4 is 4.74 Å². The first-order chi connectivity index (χ1) is 7.20. The molecule has 0 aliphatic carbocycles. The fourth-order valence-electron chi connectivity index (χ4n) is 1.38. The monoisotopic (exact) mass is 224 g/mol. The molecule has 2 nitrogen and oxygen atoms in total. The number of methoxy groups -OCH3 is 1. The van der Waals surface area contributed by atoms with Gasteiger partial charge in [-0.2, -0.15) is 0 Å². The van der Waals surface area contributed by atoms with Gasteiger partial charge in [-0.05, 0) is 18.6 Å². The summed E-state index contributed by atoms with van der Waals surface area (Å²) in [6.07, 6.45) is 5.45. The molecule has 1 aromatic carbocycles. The zero-order valence-corrected chi connectivity index (χ0v) is 9.29. The lowest BCUT2D eigenvalue weighted by atomic mass is 10.0. The van der Waals surface area contributed by atoms with Crippen molar-refractivity contribution in [1.82, 2.24) is 0 Å². The minimum absolute atomic E-state index is 0.483. The molecule has 80 valence electrons. The van der Waals surface area contributed by atoms with Crippen molar-refractivity contribution in [2.45, 2.75) is 18.9 Å². The molecule has 1 N–H and O–H groups in total. The maximum Gasteiger partial charge on any atom is 0.126 e. The molecule has 1 atom stereocenters. The van der Waals surface area contributed by atoms with Gasteiger partial charge in [0.25, 0.3) is 0 Å². The third-order valence-electron chi connectivity index (χ3n) is 2.13. The number of halogens is 1. The minimum Gasteiger partial charge on any atom is -0.496 e. The van der Waals surface area contributed by atoms with Crippen molar-refractivity contribution in [1.29, 1.82) is 0 Å². The van der Waals surface area contributed by atoms with Crippen LogP contribution in [-0.4, -0.2) is 12.2 Å². The average Bonchev–Trinajstić information content (AvgIpc) is 2.25. The van der Waals surface area contributed by atoms with Crippen LogP contribution in [-0.2, 0) is 0 Å². The van der Waals surface area contributed by atoms with Crippen LogP contribution in [0.5, 0.6) is 5.75 Å². The first-order valence-corrected chi connectivity index (χ1v) is 5.02. The van der Waals surface area contributed by atoms with Crippen molar-refractivity contribution in [2.24, 2.45) is 0 Å². The zero-order chi connectivity index (χ0) is 11.3.